The first kappa shape index (κ1) is 14.4. The van der Waals surface area contributed by atoms with E-state index in [9.17, 15) is 0 Å². The van der Waals surface area contributed by atoms with Crippen LogP contribution in [0.25, 0.3) is 0 Å². The highest BCUT2D eigenvalue weighted by atomic mass is 16.5. The van der Waals surface area contributed by atoms with Gasteiger partial charge in [-0.15, -0.1) is 0 Å². The van der Waals surface area contributed by atoms with Crippen molar-refractivity contribution in [1.29, 1.82) is 0 Å². The zero-order valence-electron chi connectivity index (χ0n) is 12.8. The van der Waals surface area contributed by atoms with E-state index in [4.69, 9.17) is 15.3 Å². The number of hydrogen-bond acceptors (Lipinski definition) is 6. The summed E-state index contributed by atoms with van der Waals surface area (Å²) in [5.74, 6) is 7.80. The molecule has 2 heterocycles. The van der Waals surface area contributed by atoms with Crippen LogP contribution >= 0.6 is 0 Å². The number of benzene rings is 1. The van der Waals surface area contributed by atoms with Crippen molar-refractivity contribution < 1.29 is 9.47 Å². The molecule has 0 radical (unpaired) electrons. The number of hydrazine groups is 1. The Morgan fingerprint density at radius 3 is 2.76 bits per heavy atom. The van der Waals surface area contributed by atoms with E-state index in [1.165, 1.54) is 0 Å². The van der Waals surface area contributed by atoms with Crippen molar-refractivity contribution >= 4 is 5.69 Å². The lowest BCUT2D eigenvalue weighted by Gasteiger charge is -2.40. The fourth-order valence-electron chi connectivity index (χ4n) is 2.94. The lowest BCUT2D eigenvalue weighted by Crippen LogP contribution is -2.56. The molecule has 116 valence electrons. The first-order chi connectivity index (χ1) is 10.2. The van der Waals surface area contributed by atoms with Gasteiger partial charge in [0, 0.05) is 32.7 Å². The quantitative estimate of drug-likeness (QED) is 0.813. The number of fused-ring (bicyclic) bond motifs is 1. The van der Waals surface area contributed by atoms with Crippen LogP contribution in [0.5, 0.6) is 11.5 Å². The van der Waals surface area contributed by atoms with E-state index in [2.05, 4.69) is 16.8 Å². The lowest BCUT2D eigenvalue weighted by molar-refractivity contribution is 0.130. The minimum absolute atomic E-state index is 0.174. The van der Waals surface area contributed by atoms with Crippen LogP contribution in [-0.2, 0) is 0 Å². The molecule has 0 aliphatic carbocycles. The van der Waals surface area contributed by atoms with Gasteiger partial charge in [0.1, 0.15) is 6.61 Å². The second kappa shape index (κ2) is 6.09. The Morgan fingerprint density at radius 1 is 1.29 bits per heavy atom. The van der Waals surface area contributed by atoms with Gasteiger partial charge in [0.15, 0.2) is 11.5 Å². The van der Waals surface area contributed by atoms with E-state index in [0.29, 0.717) is 6.61 Å². The van der Waals surface area contributed by atoms with Crippen LogP contribution in [0.4, 0.5) is 5.69 Å². The predicted molar refractivity (Wildman–Crippen MR) is 82.9 cm³/mol. The molecule has 1 aromatic carbocycles. The third-order valence-corrected chi connectivity index (χ3v) is 4.33. The Kier molecular flexibility index (Phi) is 4.19. The number of likely N-dealkylation sites (N-methyl/N-ethyl adjacent to an activating group) is 1. The molecular weight excluding hydrogens is 268 g/mol. The Morgan fingerprint density at radius 2 is 2.05 bits per heavy atom. The van der Waals surface area contributed by atoms with Crippen LogP contribution < -0.4 is 20.3 Å². The predicted octanol–water partition coefficient (Wildman–Crippen LogP) is 0.384. The van der Waals surface area contributed by atoms with Gasteiger partial charge >= 0.3 is 0 Å². The Hall–Kier alpha value is -1.50. The minimum Gasteiger partial charge on any atom is -0.493 e. The number of nitrogens with zero attached hydrogens (tertiary/aromatic N) is 3. The third-order valence-electron chi connectivity index (χ3n) is 4.33. The summed E-state index contributed by atoms with van der Waals surface area (Å²) in [6.45, 7) is 5.93. The first-order valence-electron chi connectivity index (χ1n) is 7.43. The Balaban J connectivity index is 1.69. The van der Waals surface area contributed by atoms with E-state index >= 15 is 0 Å². The summed E-state index contributed by atoms with van der Waals surface area (Å²) in [5.41, 5.74) is 0.903. The van der Waals surface area contributed by atoms with E-state index in [-0.39, 0.29) is 6.04 Å². The highest BCUT2D eigenvalue weighted by molar-refractivity contribution is 5.65. The molecule has 2 aliphatic heterocycles. The summed E-state index contributed by atoms with van der Waals surface area (Å²) in [6, 6.07) is 5.99. The number of para-hydroxylation sites is 1. The summed E-state index contributed by atoms with van der Waals surface area (Å²) in [5, 5.41) is 1.83. The molecule has 0 bridgehead atoms. The molecule has 0 amide bonds. The van der Waals surface area contributed by atoms with Crippen molar-refractivity contribution in [3.8, 4) is 11.5 Å². The van der Waals surface area contributed by atoms with Gasteiger partial charge in [-0.1, -0.05) is 6.07 Å². The fourth-order valence-corrected chi connectivity index (χ4v) is 2.94. The van der Waals surface area contributed by atoms with Gasteiger partial charge in [-0.3, -0.25) is 9.91 Å². The molecule has 1 saturated heterocycles. The molecule has 3 rings (SSSR count). The SMILES string of the molecule is COc1cccc2c1OCC(CN1CCN(C)CC1)N2N. The molecule has 2 N–H and O–H groups in total. The Labute approximate surface area is 126 Å². The largest absolute Gasteiger partial charge is 0.493 e. The number of anilines is 1. The lowest BCUT2D eigenvalue weighted by atomic mass is 10.1. The number of hydrogen-bond donors (Lipinski definition) is 1. The van der Waals surface area contributed by atoms with Crippen molar-refractivity contribution in [3.05, 3.63) is 18.2 Å². The fraction of sp³-hybridized carbons (Fsp3) is 0.600. The topological polar surface area (TPSA) is 54.2 Å². The zero-order chi connectivity index (χ0) is 14.8. The number of rotatable bonds is 3. The normalized spacial score (nSPS) is 23.6. The zero-order valence-corrected chi connectivity index (χ0v) is 12.8. The molecule has 1 unspecified atom stereocenters. The second-order valence-corrected chi connectivity index (χ2v) is 5.78. The van der Waals surface area contributed by atoms with Crippen molar-refractivity contribution in [3.63, 3.8) is 0 Å². The smallest absolute Gasteiger partial charge is 0.185 e. The number of nitrogens with two attached hydrogens (primary N) is 1. The highest BCUT2D eigenvalue weighted by Gasteiger charge is 2.29. The average molecular weight is 292 g/mol. The monoisotopic (exact) mass is 292 g/mol. The van der Waals surface area contributed by atoms with Crippen LogP contribution in [0, 0.1) is 0 Å². The molecular formula is C15H24N4O2. The molecule has 0 saturated carbocycles. The van der Waals surface area contributed by atoms with E-state index in [1.807, 2.05) is 23.2 Å². The van der Waals surface area contributed by atoms with Gasteiger partial charge in [-0.05, 0) is 19.2 Å². The summed E-state index contributed by atoms with van der Waals surface area (Å²) in [4.78, 5) is 4.81. The molecule has 1 fully saturated rings. The van der Waals surface area contributed by atoms with Crippen molar-refractivity contribution in [2.75, 3.05) is 58.5 Å². The molecule has 21 heavy (non-hydrogen) atoms. The van der Waals surface area contributed by atoms with Crippen molar-refractivity contribution in [2.45, 2.75) is 6.04 Å². The average Bonchev–Trinajstić information content (AvgIpc) is 2.51. The van der Waals surface area contributed by atoms with Crippen LogP contribution in [-0.4, -0.2) is 69.3 Å². The highest BCUT2D eigenvalue weighted by Crippen LogP contribution is 2.39. The third kappa shape index (κ3) is 2.92. The molecule has 1 atom stereocenters. The summed E-state index contributed by atoms with van der Waals surface area (Å²) >= 11 is 0. The Bertz CT molecular complexity index is 489. The van der Waals surface area contributed by atoms with Gasteiger partial charge in [0.2, 0.25) is 0 Å². The number of ether oxygens (including phenoxy) is 2. The number of methoxy groups -OCH3 is 1. The van der Waals surface area contributed by atoms with Gasteiger partial charge in [-0.2, -0.15) is 0 Å². The minimum atomic E-state index is 0.174. The van der Waals surface area contributed by atoms with Gasteiger partial charge < -0.3 is 14.4 Å². The summed E-state index contributed by atoms with van der Waals surface area (Å²) in [7, 11) is 3.81. The maximum Gasteiger partial charge on any atom is 0.185 e. The molecule has 0 spiro atoms. The second-order valence-electron chi connectivity index (χ2n) is 5.78. The number of piperazine rings is 1. The first-order valence-corrected chi connectivity index (χ1v) is 7.43. The standard InChI is InChI=1S/C15H24N4O2/c1-17-6-8-18(9-7-17)10-12-11-21-15-13(19(12)16)4-3-5-14(15)20-2/h3-5,12H,6-11,16H2,1-2H3. The molecule has 0 aromatic heterocycles. The van der Waals surface area contributed by atoms with Gasteiger partial charge in [0.25, 0.3) is 0 Å². The summed E-state index contributed by atoms with van der Waals surface area (Å²) < 4.78 is 11.2. The van der Waals surface area contributed by atoms with E-state index < -0.39 is 0 Å². The van der Waals surface area contributed by atoms with Crippen LogP contribution in [0.1, 0.15) is 0 Å². The molecule has 1 aromatic rings. The maximum atomic E-state index is 6.32. The molecule has 2 aliphatic rings. The van der Waals surface area contributed by atoms with Gasteiger partial charge in [-0.25, -0.2) is 5.84 Å². The summed E-state index contributed by atoms with van der Waals surface area (Å²) in [6.07, 6.45) is 0. The van der Waals surface area contributed by atoms with E-state index in [1.54, 1.807) is 7.11 Å². The van der Waals surface area contributed by atoms with Gasteiger partial charge in [0.05, 0.1) is 18.8 Å². The van der Waals surface area contributed by atoms with Crippen molar-refractivity contribution in [2.24, 2.45) is 5.84 Å². The van der Waals surface area contributed by atoms with Crippen LogP contribution in [0.15, 0.2) is 18.2 Å². The van der Waals surface area contributed by atoms with Crippen LogP contribution in [0.2, 0.25) is 0 Å². The van der Waals surface area contributed by atoms with Crippen molar-refractivity contribution in [1.82, 2.24) is 9.80 Å². The maximum absolute atomic E-state index is 6.32. The molecule has 6 heteroatoms. The molecule has 6 nitrogen and oxygen atoms in total. The van der Waals surface area contributed by atoms with Crippen LogP contribution in [0.3, 0.4) is 0 Å². The van der Waals surface area contributed by atoms with E-state index in [0.717, 1.165) is 49.9 Å².